The largest absolute Gasteiger partial charge is 0.378 e. The van der Waals surface area contributed by atoms with Crippen molar-refractivity contribution in [3.8, 4) is 0 Å². The van der Waals surface area contributed by atoms with Crippen LogP contribution in [0.15, 0.2) is 49.6 Å². The van der Waals surface area contributed by atoms with Gasteiger partial charge in [-0.05, 0) is 80.8 Å². The van der Waals surface area contributed by atoms with Gasteiger partial charge in [-0.2, -0.15) is 0 Å². The van der Waals surface area contributed by atoms with E-state index in [2.05, 4.69) is 54.0 Å². The van der Waals surface area contributed by atoms with E-state index in [-0.39, 0.29) is 11.9 Å². The molecular formula is C30H49NO2. The highest BCUT2D eigenvalue weighted by Crippen LogP contribution is 2.49. The lowest BCUT2D eigenvalue weighted by Gasteiger charge is -2.20. The van der Waals surface area contributed by atoms with Gasteiger partial charge in [-0.3, -0.25) is 4.79 Å². The van der Waals surface area contributed by atoms with E-state index >= 15 is 0 Å². The predicted molar refractivity (Wildman–Crippen MR) is 143 cm³/mol. The molecule has 0 spiro atoms. The van der Waals surface area contributed by atoms with Crippen molar-refractivity contribution in [2.24, 2.45) is 29.6 Å². The van der Waals surface area contributed by atoms with Crippen LogP contribution in [-0.4, -0.2) is 24.2 Å². The molecule has 1 aliphatic rings. The Kier molecular flexibility index (Phi) is 13.5. The SMILES string of the molecule is C=CC(=C)CCC(C)OCC(C)CC(=C)C(=N)C1CC1C(CC)CCC(C)CCC(=O)C=C. The molecule has 0 aromatic rings. The Hall–Kier alpha value is -1.74. The number of ether oxygens (including phenoxy) is 1. The van der Waals surface area contributed by atoms with Crippen LogP contribution in [0.2, 0.25) is 0 Å². The highest BCUT2D eigenvalue weighted by Gasteiger charge is 2.44. The summed E-state index contributed by atoms with van der Waals surface area (Å²) in [6.07, 6.45) is 12.4. The first-order valence-corrected chi connectivity index (χ1v) is 13.0. The summed E-state index contributed by atoms with van der Waals surface area (Å²) in [6.45, 7) is 25.0. The lowest BCUT2D eigenvalue weighted by atomic mass is 9.87. The van der Waals surface area contributed by atoms with E-state index in [4.69, 9.17) is 10.1 Å². The summed E-state index contributed by atoms with van der Waals surface area (Å²) in [5.41, 5.74) is 2.81. The Morgan fingerprint density at radius 2 is 1.73 bits per heavy atom. The summed E-state index contributed by atoms with van der Waals surface area (Å²) in [7, 11) is 0. The minimum absolute atomic E-state index is 0.149. The van der Waals surface area contributed by atoms with Crippen molar-refractivity contribution in [3.63, 3.8) is 0 Å². The summed E-state index contributed by atoms with van der Waals surface area (Å²) in [6, 6.07) is 0. The van der Waals surface area contributed by atoms with Gasteiger partial charge in [-0.15, -0.1) is 0 Å². The minimum atomic E-state index is 0.149. The number of ketones is 1. The van der Waals surface area contributed by atoms with Crippen molar-refractivity contribution >= 4 is 11.5 Å². The summed E-state index contributed by atoms with van der Waals surface area (Å²) in [5.74, 6) is 2.76. The molecule has 1 rings (SSSR count). The topological polar surface area (TPSA) is 50.1 Å². The summed E-state index contributed by atoms with van der Waals surface area (Å²) < 4.78 is 6.01. The van der Waals surface area contributed by atoms with Gasteiger partial charge in [0.2, 0.25) is 0 Å². The van der Waals surface area contributed by atoms with E-state index in [0.29, 0.717) is 42.6 Å². The molecule has 6 atom stereocenters. The van der Waals surface area contributed by atoms with Crippen LogP contribution in [0.3, 0.4) is 0 Å². The maximum Gasteiger partial charge on any atom is 0.155 e. The predicted octanol–water partition coefficient (Wildman–Crippen LogP) is 8.13. The zero-order valence-corrected chi connectivity index (χ0v) is 21.8. The van der Waals surface area contributed by atoms with E-state index in [0.717, 1.165) is 55.4 Å². The van der Waals surface area contributed by atoms with Crippen molar-refractivity contribution < 1.29 is 9.53 Å². The van der Waals surface area contributed by atoms with Gasteiger partial charge in [-0.25, -0.2) is 0 Å². The molecule has 1 saturated carbocycles. The van der Waals surface area contributed by atoms with Crippen LogP contribution in [0.5, 0.6) is 0 Å². The van der Waals surface area contributed by atoms with Gasteiger partial charge in [0.05, 0.1) is 6.10 Å². The maximum atomic E-state index is 11.5. The van der Waals surface area contributed by atoms with Crippen molar-refractivity contribution in [3.05, 3.63) is 49.6 Å². The first-order chi connectivity index (χ1) is 15.6. The molecule has 3 nitrogen and oxygen atoms in total. The first kappa shape index (κ1) is 29.3. The van der Waals surface area contributed by atoms with E-state index in [9.17, 15) is 4.79 Å². The maximum absolute atomic E-state index is 11.5. The van der Waals surface area contributed by atoms with Crippen LogP contribution >= 0.6 is 0 Å². The Morgan fingerprint density at radius 3 is 2.33 bits per heavy atom. The molecule has 1 aliphatic carbocycles. The molecule has 0 aromatic carbocycles. The molecule has 186 valence electrons. The standard InChI is InChI=1S/C30H49NO2/c1-9-21(4)12-15-25(8)33-20-23(6)18-24(7)30(31)29-19-28(29)26(10-2)16-13-22(5)14-17-27(32)11-3/h9,11,22-23,25-26,28-29,31H,1,3-4,7,10,12-20H2,2,5-6,8H3. The van der Waals surface area contributed by atoms with Gasteiger partial charge in [0.15, 0.2) is 5.78 Å². The van der Waals surface area contributed by atoms with E-state index < -0.39 is 0 Å². The first-order valence-electron chi connectivity index (χ1n) is 13.0. The number of allylic oxidation sites excluding steroid dienone is 4. The van der Waals surface area contributed by atoms with Crippen LogP contribution in [-0.2, 0) is 9.53 Å². The molecule has 6 unspecified atom stereocenters. The van der Waals surface area contributed by atoms with E-state index in [1.807, 2.05) is 6.08 Å². The molecule has 0 saturated heterocycles. The van der Waals surface area contributed by atoms with Crippen LogP contribution in [0.25, 0.3) is 0 Å². The molecule has 0 amide bonds. The van der Waals surface area contributed by atoms with Gasteiger partial charge >= 0.3 is 0 Å². The van der Waals surface area contributed by atoms with E-state index in [1.165, 1.54) is 18.9 Å². The molecule has 33 heavy (non-hydrogen) atoms. The second-order valence-electron chi connectivity index (χ2n) is 10.4. The number of carbonyl (C=O) groups is 1. The van der Waals surface area contributed by atoms with Gasteiger partial charge in [0.25, 0.3) is 0 Å². The molecule has 0 aromatic heterocycles. The summed E-state index contributed by atoms with van der Waals surface area (Å²) in [5, 5.41) is 8.70. The number of hydrogen-bond donors (Lipinski definition) is 1. The fourth-order valence-electron chi connectivity index (χ4n) is 4.68. The van der Waals surface area contributed by atoms with Crippen LogP contribution < -0.4 is 0 Å². The van der Waals surface area contributed by atoms with Gasteiger partial charge in [-0.1, -0.05) is 71.6 Å². The Labute approximate surface area is 204 Å². The lowest BCUT2D eigenvalue weighted by molar-refractivity contribution is -0.114. The molecule has 0 radical (unpaired) electrons. The monoisotopic (exact) mass is 455 g/mol. The Balaban J connectivity index is 2.35. The third-order valence-electron chi connectivity index (χ3n) is 7.28. The van der Waals surface area contributed by atoms with Gasteiger partial charge in [0, 0.05) is 24.7 Å². The van der Waals surface area contributed by atoms with Crippen molar-refractivity contribution in [2.75, 3.05) is 6.61 Å². The van der Waals surface area contributed by atoms with Gasteiger partial charge in [0.1, 0.15) is 0 Å². The smallest absolute Gasteiger partial charge is 0.155 e. The molecule has 0 heterocycles. The normalized spacial score (nSPS) is 20.8. The quantitative estimate of drug-likeness (QED) is 0.114. The van der Waals surface area contributed by atoms with Crippen molar-refractivity contribution in [1.82, 2.24) is 0 Å². The number of rotatable bonds is 20. The second-order valence-corrected chi connectivity index (χ2v) is 10.4. The van der Waals surface area contributed by atoms with Crippen molar-refractivity contribution in [2.45, 2.75) is 91.6 Å². The summed E-state index contributed by atoms with van der Waals surface area (Å²) >= 11 is 0. The Morgan fingerprint density at radius 1 is 1.03 bits per heavy atom. The number of nitrogens with one attached hydrogen (secondary N) is 1. The van der Waals surface area contributed by atoms with Gasteiger partial charge < -0.3 is 10.1 Å². The third-order valence-corrected chi connectivity index (χ3v) is 7.28. The zero-order valence-electron chi connectivity index (χ0n) is 21.8. The fourth-order valence-corrected chi connectivity index (χ4v) is 4.68. The molecular weight excluding hydrogens is 406 g/mol. The average molecular weight is 456 g/mol. The zero-order chi connectivity index (χ0) is 25.0. The Bertz CT molecular complexity index is 691. The molecule has 0 bridgehead atoms. The molecule has 1 fully saturated rings. The number of hydrogen-bond acceptors (Lipinski definition) is 3. The van der Waals surface area contributed by atoms with Crippen molar-refractivity contribution in [1.29, 1.82) is 5.41 Å². The molecule has 0 aliphatic heterocycles. The fraction of sp³-hybridized carbons (Fsp3) is 0.667. The molecule has 1 N–H and O–H groups in total. The molecule has 3 heteroatoms. The lowest BCUT2D eigenvalue weighted by Crippen LogP contribution is -2.17. The van der Waals surface area contributed by atoms with Crippen LogP contribution in [0.4, 0.5) is 0 Å². The highest BCUT2D eigenvalue weighted by molar-refractivity contribution is 6.00. The second kappa shape index (κ2) is 15.2. The highest BCUT2D eigenvalue weighted by atomic mass is 16.5. The average Bonchev–Trinajstić information content (AvgIpc) is 3.59. The van der Waals surface area contributed by atoms with Crippen LogP contribution in [0.1, 0.15) is 85.5 Å². The summed E-state index contributed by atoms with van der Waals surface area (Å²) in [4.78, 5) is 11.5. The number of carbonyl (C=O) groups excluding carboxylic acids is 1. The van der Waals surface area contributed by atoms with E-state index in [1.54, 1.807) is 0 Å². The minimum Gasteiger partial charge on any atom is -0.378 e. The third kappa shape index (κ3) is 11.3. The van der Waals surface area contributed by atoms with Crippen LogP contribution in [0, 0.1) is 35.0 Å².